The van der Waals surface area contributed by atoms with Gasteiger partial charge in [0.15, 0.2) is 0 Å². The normalized spacial score (nSPS) is 13.2. The molecule has 0 bridgehead atoms. The Morgan fingerprint density at radius 3 is 2.94 bits per heavy atom. The number of oxime groups is 1. The van der Waals surface area contributed by atoms with Gasteiger partial charge in [0, 0.05) is 22.0 Å². The predicted octanol–water partition coefficient (Wildman–Crippen LogP) is 2.21. The molecule has 1 atom stereocenters. The Hall–Kier alpha value is -1.27. The van der Waals surface area contributed by atoms with Crippen LogP contribution in [-0.2, 0) is 0 Å². The molecule has 4 N–H and O–H groups in total. The topological polar surface area (TPSA) is 87.7 Å². The number of halogens is 2. The zero-order chi connectivity index (χ0) is 13.7. The molecule has 0 aliphatic carbocycles. The van der Waals surface area contributed by atoms with Crippen LogP contribution in [0.4, 0.5) is 0 Å². The Labute approximate surface area is 118 Å². The fourth-order valence-corrected chi connectivity index (χ4v) is 1.81. The maximum absolute atomic E-state index is 11.9. The van der Waals surface area contributed by atoms with E-state index in [2.05, 4.69) is 26.4 Å². The summed E-state index contributed by atoms with van der Waals surface area (Å²) in [5.74, 6) is -0.459. The van der Waals surface area contributed by atoms with Crippen LogP contribution in [0.1, 0.15) is 17.3 Å². The molecular weight excluding hydrogens is 321 g/mol. The summed E-state index contributed by atoms with van der Waals surface area (Å²) >= 11 is 9.10. The molecule has 1 amide bonds. The SMILES string of the molecule is CC(CNC(=O)c1cc(Cl)ccc1Br)/C(N)=N/O. The zero-order valence-corrected chi connectivity index (χ0v) is 12.0. The van der Waals surface area contributed by atoms with Crippen LogP contribution in [0.5, 0.6) is 0 Å². The minimum absolute atomic E-state index is 0.0699. The molecule has 7 heteroatoms. The Balaban J connectivity index is 2.69. The van der Waals surface area contributed by atoms with Gasteiger partial charge < -0.3 is 16.3 Å². The highest BCUT2D eigenvalue weighted by Crippen LogP contribution is 2.21. The number of hydrogen-bond donors (Lipinski definition) is 3. The molecule has 0 aromatic heterocycles. The molecule has 98 valence electrons. The van der Waals surface area contributed by atoms with E-state index in [0.29, 0.717) is 15.1 Å². The van der Waals surface area contributed by atoms with Crippen LogP contribution in [-0.4, -0.2) is 23.5 Å². The van der Waals surface area contributed by atoms with E-state index < -0.39 is 0 Å². The van der Waals surface area contributed by atoms with Crippen molar-refractivity contribution in [3.05, 3.63) is 33.3 Å². The Morgan fingerprint density at radius 1 is 1.67 bits per heavy atom. The second-order valence-corrected chi connectivity index (χ2v) is 5.05. The number of benzene rings is 1. The van der Waals surface area contributed by atoms with Crippen LogP contribution in [0.15, 0.2) is 27.8 Å². The van der Waals surface area contributed by atoms with Crippen LogP contribution in [0.25, 0.3) is 0 Å². The highest BCUT2D eigenvalue weighted by Gasteiger charge is 2.13. The van der Waals surface area contributed by atoms with Gasteiger partial charge in [-0.05, 0) is 34.1 Å². The van der Waals surface area contributed by atoms with Crippen molar-refractivity contribution in [2.24, 2.45) is 16.8 Å². The lowest BCUT2D eigenvalue weighted by molar-refractivity contribution is 0.0950. The zero-order valence-electron chi connectivity index (χ0n) is 9.65. The van der Waals surface area contributed by atoms with Crippen molar-refractivity contribution >= 4 is 39.3 Å². The number of hydrogen-bond acceptors (Lipinski definition) is 3. The molecule has 1 aromatic rings. The van der Waals surface area contributed by atoms with Gasteiger partial charge in [0.2, 0.25) is 0 Å². The van der Waals surface area contributed by atoms with Crippen molar-refractivity contribution in [3.8, 4) is 0 Å². The second kappa shape index (κ2) is 6.61. The summed E-state index contributed by atoms with van der Waals surface area (Å²) in [5.41, 5.74) is 5.85. The molecule has 0 aliphatic rings. The summed E-state index contributed by atoms with van der Waals surface area (Å²) in [6.45, 7) is 2.01. The summed E-state index contributed by atoms with van der Waals surface area (Å²) in [6, 6.07) is 4.95. The Morgan fingerprint density at radius 2 is 2.33 bits per heavy atom. The number of nitrogens with one attached hydrogen (secondary N) is 1. The Kier molecular flexibility index (Phi) is 5.43. The summed E-state index contributed by atoms with van der Waals surface area (Å²) in [4.78, 5) is 11.9. The van der Waals surface area contributed by atoms with Crippen LogP contribution in [0, 0.1) is 5.92 Å². The van der Waals surface area contributed by atoms with Crippen molar-refractivity contribution in [1.29, 1.82) is 0 Å². The Bertz CT molecular complexity index is 479. The largest absolute Gasteiger partial charge is 0.409 e. The average molecular weight is 335 g/mol. The third-order valence-electron chi connectivity index (χ3n) is 2.36. The minimum Gasteiger partial charge on any atom is -0.409 e. The van der Waals surface area contributed by atoms with Gasteiger partial charge in [-0.3, -0.25) is 4.79 Å². The average Bonchev–Trinajstić information content (AvgIpc) is 2.37. The van der Waals surface area contributed by atoms with Gasteiger partial charge >= 0.3 is 0 Å². The molecule has 5 nitrogen and oxygen atoms in total. The number of nitrogens with two attached hydrogens (primary N) is 1. The van der Waals surface area contributed by atoms with Gasteiger partial charge in [0.1, 0.15) is 5.84 Å². The lowest BCUT2D eigenvalue weighted by Crippen LogP contribution is -2.34. The van der Waals surface area contributed by atoms with Gasteiger partial charge in [-0.1, -0.05) is 23.7 Å². The van der Waals surface area contributed by atoms with E-state index >= 15 is 0 Å². The fraction of sp³-hybridized carbons (Fsp3) is 0.273. The van der Waals surface area contributed by atoms with Crippen LogP contribution in [0.2, 0.25) is 5.02 Å². The van der Waals surface area contributed by atoms with Gasteiger partial charge in [-0.25, -0.2) is 0 Å². The smallest absolute Gasteiger partial charge is 0.252 e. The third kappa shape index (κ3) is 3.89. The van der Waals surface area contributed by atoms with Gasteiger partial charge in [0.25, 0.3) is 5.91 Å². The highest BCUT2D eigenvalue weighted by atomic mass is 79.9. The van der Waals surface area contributed by atoms with Crippen molar-refractivity contribution in [2.45, 2.75) is 6.92 Å². The molecule has 0 saturated carbocycles. The predicted molar refractivity (Wildman–Crippen MR) is 74.1 cm³/mol. The minimum atomic E-state index is -0.276. The summed E-state index contributed by atoms with van der Waals surface area (Å²) < 4.78 is 0.654. The molecule has 1 rings (SSSR count). The van der Waals surface area contributed by atoms with E-state index in [1.165, 1.54) is 0 Å². The lowest BCUT2D eigenvalue weighted by Gasteiger charge is -2.11. The molecule has 0 radical (unpaired) electrons. The molecular formula is C11H13BrClN3O2. The van der Waals surface area contributed by atoms with Crippen LogP contribution in [0.3, 0.4) is 0 Å². The fourth-order valence-electron chi connectivity index (χ4n) is 1.22. The second-order valence-electron chi connectivity index (χ2n) is 3.76. The van der Waals surface area contributed by atoms with Crippen LogP contribution >= 0.6 is 27.5 Å². The van der Waals surface area contributed by atoms with Gasteiger partial charge in [0.05, 0.1) is 5.56 Å². The number of amidine groups is 1. The van der Waals surface area contributed by atoms with E-state index in [1.54, 1.807) is 25.1 Å². The standard InChI is InChI=1S/C11H13BrClN3O2/c1-6(10(14)16-18)5-15-11(17)8-4-7(13)2-3-9(8)12/h2-4,6,18H,5H2,1H3,(H2,14,16)(H,15,17). The number of nitrogens with zero attached hydrogens (tertiary/aromatic N) is 1. The summed E-state index contributed by atoms with van der Waals surface area (Å²) in [7, 11) is 0. The first-order valence-corrected chi connectivity index (χ1v) is 6.33. The van der Waals surface area contributed by atoms with E-state index in [4.69, 9.17) is 22.5 Å². The summed E-state index contributed by atoms with van der Waals surface area (Å²) in [5, 5.41) is 14.5. The number of carbonyl (C=O) groups excluding carboxylic acids is 1. The van der Waals surface area contributed by atoms with Gasteiger partial charge in [-0.15, -0.1) is 0 Å². The highest BCUT2D eigenvalue weighted by molar-refractivity contribution is 9.10. The van der Waals surface area contributed by atoms with Crippen molar-refractivity contribution in [2.75, 3.05) is 6.54 Å². The maximum Gasteiger partial charge on any atom is 0.252 e. The number of carbonyl (C=O) groups is 1. The first kappa shape index (κ1) is 14.8. The number of amides is 1. The monoisotopic (exact) mass is 333 g/mol. The van der Waals surface area contributed by atoms with Crippen LogP contribution < -0.4 is 11.1 Å². The van der Waals surface area contributed by atoms with E-state index in [0.717, 1.165) is 0 Å². The molecule has 1 unspecified atom stereocenters. The quantitative estimate of drug-likeness (QED) is 0.341. The number of rotatable bonds is 4. The lowest BCUT2D eigenvalue weighted by atomic mass is 10.1. The molecule has 0 spiro atoms. The molecule has 0 aliphatic heterocycles. The first-order chi connectivity index (χ1) is 8.45. The molecule has 18 heavy (non-hydrogen) atoms. The van der Waals surface area contributed by atoms with E-state index in [1.807, 2.05) is 0 Å². The summed E-state index contributed by atoms with van der Waals surface area (Å²) in [6.07, 6.45) is 0. The van der Waals surface area contributed by atoms with Gasteiger partial charge in [-0.2, -0.15) is 0 Å². The molecule has 0 fully saturated rings. The van der Waals surface area contributed by atoms with E-state index in [9.17, 15) is 4.79 Å². The first-order valence-electron chi connectivity index (χ1n) is 5.16. The van der Waals surface area contributed by atoms with Crippen molar-refractivity contribution in [3.63, 3.8) is 0 Å². The third-order valence-corrected chi connectivity index (χ3v) is 3.29. The van der Waals surface area contributed by atoms with Crippen molar-refractivity contribution in [1.82, 2.24) is 5.32 Å². The molecule has 0 heterocycles. The maximum atomic E-state index is 11.9. The van der Waals surface area contributed by atoms with E-state index in [-0.39, 0.29) is 24.2 Å². The van der Waals surface area contributed by atoms with Crippen molar-refractivity contribution < 1.29 is 10.0 Å². The molecule has 1 aromatic carbocycles. The molecule has 0 saturated heterocycles.